The molecule has 0 spiro atoms. The van der Waals surface area contributed by atoms with Crippen LogP contribution in [0.2, 0.25) is 0 Å². The quantitative estimate of drug-likeness (QED) is 0.940. The molecule has 1 aliphatic rings. The second-order valence-electron chi connectivity index (χ2n) is 5.36. The Kier molecular flexibility index (Phi) is 4.00. The lowest BCUT2D eigenvalue weighted by Crippen LogP contribution is -2.12. The molecule has 0 aliphatic heterocycles. The molecule has 2 aromatic rings. The molecule has 0 bridgehead atoms. The molecule has 114 valence electrons. The number of anilines is 1. The number of hydrogen-bond donors (Lipinski definition) is 1. The van der Waals surface area contributed by atoms with Crippen molar-refractivity contribution < 1.29 is 14.3 Å². The van der Waals surface area contributed by atoms with Crippen molar-refractivity contribution in [1.82, 2.24) is 0 Å². The average Bonchev–Trinajstić information content (AvgIpc) is 3.02. The zero-order valence-corrected chi connectivity index (χ0v) is 12.8. The molecular formula is C18H19NO3. The Morgan fingerprint density at radius 2 is 1.73 bits per heavy atom. The molecule has 4 nitrogen and oxygen atoms in total. The number of amides is 1. The highest BCUT2D eigenvalue weighted by atomic mass is 16.5. The van der Waals surface area contributed by atoms with Gasteiger partial charge >= 0.3 is 0 Å². The lowest BCUT2D eigenvalue weighted by Gasteiger charge is -2.11. The van der Waals surface area contributed by atoms with Crippen molar-refractivity contribution in [3.63, 3.8) is 0 Å². The smallest absolute Gasteiger partial charge is 0.255 e. The maximum atomic E-state index is 12.4. The van der Waals surface area contributed by atoms with Gasteiger partial charge in [-0.15, -0.1) is 0 Å². The van der Waals surface area contributed by atoms with Crippen molar-refractivity contribution >= 4 is 11.6 Å². The number of aryl methyl sites for hydroxylation is 2. The van der Waals surface area contributed by atoms with E-state index in [0.29, 0.717) is 22.7 Å². The van der Waals surface area contributed by atoms with Gasteiger partial charge in [-0.3, -0.25) is 4.79 Å². The number of benzene rings is 2. The molecule has 0 aromatic heterocycles. The molecule has 0 saturated heterocycles. The van der Waals surface area contributed by atoms with Crippen LogP contribution in [0.4, 0.5) is 5.69 Å². The zero-order chi connectivity index (χ0) is 15.5. The SMILES string of the molecule is COc1ccc(NC(=O)c2ccc3c(c2)CCC3)cc1OC. The summed E-state index contributed by atoms with van der Waals surface area (Å²) in [5.41, 5.74) is 4.03. The van der Waals surface area contributed by atoms with Gasteiger partial charge in [0, 0.05) is 17.3 Å². The van der Waals surface area contributed by atoms with E-state index in [1.54, 1.807) is 32.4 Å². The second-order valence-corrected chi connectivity index (χ2v) is 5.36. The highest BCUT2D eigenvalue weighted by molar-refractivity contribution is 6.04. The van der Waals surface area contributed by atoms with Crippen molar-refractivity contribution in [2.24, 2.45) is 0 Å². The summed E-state index contributed by atoms with van der Waals surface area (Å²) in [6.07, 6.45) is 3.36. The molecule has 1 aliphatic carbocycles. The summed E-state index contributed by atoms with van der Waals surface area (Å²) in [4.78, 5) is 12.4. The van der Waals surface area contributed by atoms with Crippen molar-refractivity contribution in [3.05, 3.63) is 53.1 Å². The normalized spacial score (nSPS) is 12.6. The van der Waals surface area contributed by atoms with Gasteiger partial charge in [-0.2, -0.15) is 0 Å². The molecule has 2 aromatic carbocycles. The van der Waals surface area contributed by atoms with E-state index in [1.165, 1.54) is 17.5 Å². The maximum absolute atomic E-state index is 12.4. The molecule has 3 rings (SSSR count). The fourth-order valence-electron chi connectivity index (χ4n) is 2.83. The summed E-state index contributed by atoms with van der Waals surface area (Å²) in [7, 11) is 3.16. The molecule has 0 unspecified atom stereocenters. The Hall–Kier alpha value is -2.49. The van der Waals surface area contributed by atoms with Crippen LogP contribution in [-0.4, -0.2) is 20.1 Å². The number of methoxy groups -OCH3 is 2. The fourth-order valence-corrected chi connectivity index (χ4v) is 2.83. The summed E-state index contributed by atoms with van der Waals surface area (Å²) in [5, 5.41) is 2.90. The minimum atomic E-state index is -0.109. The zero-order valence-electron chi connectivity index (χ0n) is 12.8. The first kappa shape index (κ1) is 14.4. The first-order valence-corrected chi connectivity index (χ1v) is 7.36. The molecule has 0 fully saturated rings. The molecular weight excluding hydrogens is 278 g/mol. The van der Waals surface area contributed by atoms with E-state index < -0.39 is 0 Å². The number of rotatable bonds is 4. The van der Waals surface area contributed by atoms with Crippen LogP contribution in [0.15, 0.2) is 36.4 Å². The largest absolute Gasteiger partial charge is 0.493 e. The lowest BCUT2D eigenvalue weighted by atomic mass is 10.1. The van der Waals surface area contributed by atoms with Crippen LogP contribution in [0, 0.1) is 0 Å². The van der Waals surface area contributed by atoms with Gasteiger partial charge in [-0.25, -0.2) is 0 Å². The Labute approximate surface area is 130 Å². The number of carbonyl (C=O) groups is 1. The van der Waals surface area contributed by atoms with Crippen LogP contribution in [0.25, 0.3) is 0 Å². The van der Waals surface area contributed by atoms with Crippen LogP contribution >= 0.6 is 0 Å². The first-order valence-electron chi connectivity index (χ1n) is 7.36. The molecule has 22 heavy (non-hydrogen) atoms. The van der Waals surface area contributed by atoms with Gasteiger partial charge in [-0.05, 0) is 54.7 Å². The van der Waals surface area contributed by atoms with Crippen LogP contribution in [0.3, 0.4) is 0 Å². The summed E-state index contributed by atoms with van der Waals surface area (Å²) >= 11 is 0. The predicted molar refractivity (Wildman–Crippen MR) is 86.0 cm³/mol. The van der Waals surface area contributed by atoms with Gasteiger partial charge in [0.1, 0.15) is 0 Å². The summed E-state index contributed by atoms with van der Waals surface area (Å²) in [6.45, 7) is 0. The van der Waals surface area contributed by atoms with E-state index in [4.69, 9.17) is 9.47 Å². The van der Waals surface area contributed by atoms with E-state index in [-0.39, 0.29) is 5.91 Å². The van der Waals surface area contributed by atoms with Gasteiger partial charge in [0.15, 0.2) is 11.5 Å². The summed E-state index contributed by atoms with van der Waals surface area (Å²) in [5.74, 6) is 1.12. The van der Waals surface area contributed by atoms with E-state index in [0.717, 1.165) is 12.8 Å². The fraction of sp³-hybridized carbons (Fsp3) is 0.278. The Bertz CT molecular complexity index is 709. The molecule has 1 N–H and O–H groups in total. The molecule has 0 radical (unpaired) electrons. The predicted octanol–water partition coefficient (Wildman–Crippen LogP) is 3.44. The third kappa shape index (κ3) is 2.77. The number of ether oxygens (including phenoxy) is 2. The third-order valence-electron chi connectivity index (χ3n) is 4.00. The van der Waals surface area contributed by atoms with Crippen molar-refractivity contribution in [3.8, 4) is 11.5 Å². The maximum Gasteiger partial charge on any atom is 0.255 e. The van der Waals surface area contributed by atoms with E-state index in [1.807, 2.05) is 12.1 Å². The van der Waals surface area contributed by atoms with E-state index in [9.17, 15) is 4.79 Å². The van der Waals surface area contributed by atoms with Gasteiger partial charge in [0.2, 0.25) is 0 Å². The molecule has 0 atom stereocenters. The highest BCUT2D eigenvalue weighted by Crippen LogP contribution is 2.30. The Morgan fingerprint density at radius 3 is 2.50 bits per heavy atom. The van der Waals surface area contributed by atoms with Gasteiger partial charge in [-0.1, -0.05) is 6.07 Å². The lowest BCUT2D eigenvalue weighted by molar-refractivity contribution is 0.102. The van der Waals surface area contributed by atoms with Crippen molar-refractivity contribution in [1.29, 1.82) is 0 Å². The molecule has 0 saturated carbocycles. The standard InChI is InChI=1S/C18H19NO3/c1-21-16-9-8-15(11-17(16)22-2)19-18(20)14-7-6-12-4-3-5-13(12)10-14/h6-11H,3-5H2,1-2H3,(H,19,20). The van der Waals surface area contributed by atoms with Crippen LogP contribution in [-0.2, 0) is 12.8 Å². The third-order valence-corrected chi connectivity index (χ3v) is 4.00. The number of fused-ring (bicyclic) bond motifs is 1. The molecule has 4 heteroatoms. The van der Waals surface area contributed by atoms with Gasteiger partial charge in [0.25, 0.3) is 5.91 Å². The van der Waals surface area contributed by atoms with E-state index >= 15 is 0 Å². The van der Waals surface area contributed by atoms with Gasteiger partial charge < -0.3 is 14.8 Å². The number of carbonyl (C=O) groups excluding carboxylic acids is 1. The van der Waals surface area contributed by atoms with Gasteiger partial charge in [0.05, 0.1) is 14.2 Å². The monoisotopic (exact) mass is 297 g/mol. The average molecular weight is 297 g/mol. The summed E-state index contributed by atoms with van der Waals surface area (Å²) < 4.78 is 10.4. The molecule has 1 amide bonds. The van der Waals surface area contributed by atoms with Crippen LogP contribution in [0.5, 0.6) is 11.5 Å². The van der Waals surface area contributed by atoms with Crippen LogP contribution < -0.4 is 14.8 Å². The highest BCUT2D eigenvalue weighted by Gasteiger charge is 2.14. The Morgan fingerprint density at radius 1 is 0.955 bits per heavy atom. The number of hydrogen-bond acceptors (Lipinski definition) is 3. The number of nitrogens with one attached hydrogen (secondary N) is 1. The first-order chi connectivity index (χ1) is 10.7. The minimum Gasteiger partial charge on any atom is -0.493 e. The van der Waals surface area contributed by atoms with Crippen molar-refractivity contribution in [2.75, 3.05) is 19.5 Å². The summed E-state index contributed by atoms with van der Waals surface area (Å²) in [6, 6.07) is 11.3. The van der Waals surface area contributed by atoms with Crippen molar-refractivity contribution in [2.45, 2.75) is 19.3 Å². The Balaban J connectivity index is 1.79. The topological polar surface area (TPSA) is 47.6 Å². The van der Waals surface area contributed by atoms with Crippen LogP contribution in [0.1, 0.15) is 27.9 Å². The minimum absolute atomic E-state index is 0.109. The molecule has 0 heterocycles. The van der Waals surface area contributed by atoms with E-state index in [2.05, 4.69) is 11.4 Å². The second kappa shape index (κ2) is 6.10.